The SMILES string of the molecule is COc1sc(-c2ccccc2)nc1C1=C(c2nc(-c3ccccc3)sc2OC)C(F)(F)C(F)(F)C1(F)F. The van der Waals surface area contributed by atoms with Gasteiger partial charge in [-0.25, -0.2) is 9.97 Å². The first kappa shape index (κ1) is 25.3. The van der Waals surface area contributed by atoms with Crippen LogP contribution in [0.1, 0.15) is 11.4 Å². The Kier molecular flexibility index (Phi) is 6.06. The van der Waals surface area contributed by atoms with Crippen LogP contribution in [-0.4, -0.2) is 42.0 Å². The summed E-state index contributed by atoms with van der Waals surface area (Å²) in [6.45, 7) is 0. The Morgan fingerprint density at radius 3 is 1.27 bits per heavy atom. The minimum atomic E-state index is -5.77. The van der Waals surface area contributed by atoms with E-state index >= 15 is 17.6 Å². The molecule has 4 nitrogen and oxygen atoms in total. The van der Waals surface area contributed by atoms with E-state index in [0.717, 1.165) is 36.9 Å². The van der Waals surface area contributed by atoms with Crippen LogP contribution in [0.5, 0.6) is 10.1 Å². The summed E-state index contributed by atoms with van der Waals surface area (Å²) in [6, 6.07) is 16.5. The van der Waals surface area contributed by atoms with E-state index in [9.17, 15) is 8.78 Å². The van der Waals surface area contributed by atoms with Crippen LogP contribution in [-0.2, 0) is 0 Å². The van der Waals surface area contributed by atoms with Crippen LogP contribution in [0.15, 0.2) is 60.7 Å². The minimum absolute atomic E-state index is 0.129. The summed E-state index contributed by atoms with van der Waals surface area (Å²) >= 11 is 1.54. The molecule has 0 saturated heterocycles. The van der Waals surface area contributed by atoms with Crippen LogP contribution in [0.25, 0.3) is 32.3 Å². The zero-order chi connectivity index (χ0) is 26.6. The van der Waals surface area contributed by atoms with E-state index in [-0.39, 0.29) is 20.1 Å². The quantitative estimate of drug-likeness (QED) is 0.228. The average molecular weight is 555 g/mol. The molecule has 2 aromatic carbocycles. The van der Waals surface area contributed by atoms with E-state index < -0.39 is 40.3 Å². The normalized spacial score (nSPS) is 17.7. The third-order valence-corrected chi connectivity index (χ3v) is 7.88. The molecule has 0 saturated carbocycles. The molecule has 0 amide bonds. The molecular weight excluding hydrogens is 538 g/mol. The third kappa shape index (κ3) is 3.72. The predicted octanol–water partition coefficient (Wildman–Crippen LogP) is 7.78. The zero-order valence-electron chi connectivity index (χ0n) is 19.1. The molecule has 0 bridgehead atoms. The average Bonchev–Trinajstić information content (AvgIpc) is 3.54. The first-order chi connectivity index (χ1) is 17.5. The Bertz CT molecular complexity index is 1370. The molecule has 4 aromatic rings. The van der Waals surface area contributed by atoms with Gasteiger partial charge < -0.3 is 9.47 Å². The van der Waals surface area contributed by atoms with Crippen LogP contribution < -0.4 is 9.47 Å². The Balaban J connectivity index is 1.82. The number of methoxy groups -OCH3 is 2. The molecule has 2 aromatic heterocycles. The highest BCUT2D eigenvalue weighted by molar-refractivity contribution is 7.17. The first-order valence-electron chi connectivity index (χ1n) is 10.6. The van der Waals surface area contributed by atoms with Crippen LogP contribution in [0, 0.1) is 0 Å². The third-order valence-electron chi connectivity index (χ3n) is 5.74. The van der Waals surface area contributed by atoms with Crippen molar-refractivity contribution in [1.82, 2.24) is 9.97 Å². The number of alkyl halides is 6. The predicted molar refractivity (Wildman–Crippen MR) is 130 cm³/mol. The number of allylic oxidation sites excluding steroid dienone is 2. The standard InChI is InChI=1S/C25H16F6N2O2S2/c1-34-21-17(32-19(36-21)13-9-5-3-6-10-13)15-16(24(28,29)25(30,31)23(15,26)27)18-22(35-2)37-20(33-18)14-11-7-4-8-12-14/h3-12H,1-2H3. The van der Waals surface area contributed by atoms with Crippen molar-refractivity contribution < 1.29 is 35.8 Å². The lowest BCUT2D eigenvalue weighted by Gasteiger charge is -2.25. The lowest BCUT2D eigenvalue weighted by atomic mass is 10.0. The van der Waals surface area contributed by atoms with Crippen molar-refractivity contribution in [2.24, 2.45) is 0 Å². The maximum atomic E-state index is 15.4. The van der Waals surface area contributed by atoms with Crippen molar-refractivity contribution in [3.05, 3.63) is 72.1 Å². The van der Waals surface area contributed by atoms with E-state index in [1.54, 1.807) is 60.7 Å². The smallest absolute Gasteiger partial charge is 0.380 e. The molecule has 0 atom stereocenters. The van der Waals surface area contributed by atoms with Gasteiger partial charge in [0.1, 0.15) is 21.4 Å². The van der Waals surface area contributed by atoms with Gasteiger partial charge in [-0.1, -0.05) is 83.3 Å². The van der Waals surface area contributed by atoms with Crippen LogP contribution >= 0.6 is 22.7 Å². The molecule has 0 spiro atoms. The van der Waals surface area contributed by atoms with E-state index in [1.807, 2.05) is 0 Å². The van der Waals surface area contributed by atoms with Gasteiger partial charge in [0.15, 0.2) is 0 Å². The monoisotopic (exact) mass is 554 g/mol. The molecule has 37 heavy (non-hydrogen) atoms. The molecule has 5 rings (SSSR count). The van der Waals surface area contributed by atoms with Crippen molar-refractivity contribution in [2.75, 3.05) is 14.2 Å². The number of aromatic nitrogens is 2. The van der Waals surface area contributed by atoms with Crippen molar-refractivity contribution in [3.63, 3.8) is 0 Å². The Hall–Kier alpha value is -3.38. The summed E-state index contributed by atoms with van der Waals surface area (Å²) in [5, 5.41) is -0.387. The Morgan fingerprint density at radius 2 is 0.946 bits per heavy atom. The van der Waals surface area contributed by atoms with Gasteiger partial charge in [0.05, 0.1) is 25.4 Å². The van der Waals surface area contributed by atoms with Crippen molar-refractivity contribution in [2.45, 2.75) is 17.8 Å². The fourth-order valence-electron chi connectivity index (χ4n) is 3.97. The number of nitrogens with zero attached hydrogens (tertiary/aromatic N) is 2. The zero-order valence-corrected chi connectivity index (χ0v) is 20.7. The highest BCUT2D eigenvalue weighted by Crippen LogP contribution is 2.66. The second-order valence-corrected chi connectivity index (χ2v) is 9.85. The summed E-state index contributed by atoms with van der Waals surface area (Å²) in [5.41, 5.74) is -3.98. The van der Waals surface area contributed by atoms with Gasteiger partial charge in [0.25, 0.3) is 0 Å². The number of halogens is 6. The summed E-state index contributed by atoms with van der Waals surface area (Å²) in [4.78, 5) is 8.16. The van der Waals surface area contributed by atoms with Gasteiger partial charge in [-0.05, 0) is 0 Å². The maximum Gasteiger partial charge on any atom is 0.380 e. The number of hydrogen-bond acceptors (Lipinski definition) is 6. The fourth-order valence-corrected chi connectivity index (χ4v) is 5.76. The van der Waals surface area contributed by atoms with Crippen LogP contribution in [0.3, 0.4) is 0 Å². The van der Waals surface area contributed by atoms with Gasteiger partial charge in [-0.15, -0.1) is 0 Å². The molecule has 1 aliphatic rings. The number of thiazole rings is 2. The molecule has 1 aliphatic carbocycles. The van der Waals surface area contributed by atoms with Crippen molar-refractivity contribution in [1.29, 1.82) is 0 Å². The summed E-state index contributed by atoms with van der Waals surface area (Å²) in [6.07, 6.45) is 0. The largest absolute Gasteiger partial charge is 0.486 e. The lowest BCUT2D eigenvalue weighted by Crippen LogP contribution is -2.49. The second kappa shape index (κ2) is 8.88. The van der Waals surface area contributed by atoms with E-state index in [0.29, 0.717) is 11.1 Å². The van der Waals surface area contributed by atoms with Gasteiger partial charge >= 0.3 is 17.8 Å². The molecule has 0 unspecified atom stereocenters. The molecule has 2 heterocycles. The number of ether oxygens (including phenoxy) is 2. The van der Waals surface area contributed by atoms with Crippen molar-refractivity contribution >= 4 is 33.8 Å². The number of rotatable bonds is 6. The second-order valence-electron chi connectivity index (χ2n) is 7.92. The molecule has 192 valence electrons. The van der Waals surface area contributed by atoms with Crippen LogP contribution in [0.4, 0.5) is 26.3 Å². The summed E-state index contributed by atoms with van der Waals surface area (Å²) in [7, 11) is 2.23. The molecule has 0 radical (unpaired) electrons. The highest BCUT2D eigenvalue weighted by Gasteiger charge is 2.81. The fraction of sp³-hybridized carbons (Fsp3) is 0.200. The van der Waals surface area contributed by atoms with E-state index in [2.05, 4.69) is 9.97 Å². The van der Waals surface area contributed by atoms with E-state index in [1.165, 1.54) is 0 Å². The first-order valence-corrected chi connectivity index (χ1v) is 12.3. The summed E-state index contributed by atoms with van der Waals surface area (Å²) in [5.74, 6) is -16.4. The minimum Gasteiger partial charge on any atom is -0.486 e. The lowest BCUT2D eigenvalue weighted by molar-refractivity contribution is -0.254. The Labute approximate surface area is 214 Å². The topological polar surface area (TPSA) is 44.2 Å². The molecule has 0 aliphatic heterocycles. The van der Waals surface area contributed by atoms with Gasteiger partial charge in [-0.3, -0.25) is 0 Å². The Morgan fingerprint density at radius 1 is 0.595 bits per heavy atom. The molecule has 12 heteroatoms. The van der Waals surface area contributed by atoms with Gasteiger partial charge in [0, 0.05) is 11.1 Å². The molecule has 0 N–H and O–H groups in total. The number of hydrogen-bond donors (Lipinski definition) is 0. The van der Waals surface area contributed by atoms with Gasteiger partial charge in [0.2, 0.25) is 10.1 Å². The van der Waals surface area contributed by atoms with Gasteiger partial charge in [-0.2, -0.15) is 26.3 Å². The molecule has 0 fully saturated rings. The molecular formula is C25H16F6N2O2S2. The van der Waals surface area contributed by atoms with Crippen LogP contribution in [0.2, 0.25) is 0 Å². The number of benzene rings is 2. The van der Waals surface area contributed by atoms with E-state index in [4.69, 9.17) is 9.47 Å². The van der Waals surface area contributed by atoms with Crippen molar-refractivity contribution in [3.8, 4) is 31.3 Å². The summed E-state index contributed by atoms with van der Waals surface area (Å²) < 4.78 is 101. The maximum absolute atomic E-state index is 15.4. The highest BCUT2D eigenvalue weighted by atomic mass is 32.1.